The Morgan fingerprint density at radius 3 is 2.59 bits per heavy atom. The smallest absolute Gasteiger partial charge is 0.0991 e. The van der Waals surface area contributed by atoms with Crippen LogP contribution in [-0.2, 0) is 6.54 Å². The Bertz CT molecular complexity index is 412. The fourth-order valence-electron chi connectivity index (χ4n) is 2.62. The van der Waals surface area contributed by atoms with Gasteiger partial charge in [-0.05, 0) is 42.5 Å². The predicted octanol–water partition coefficient (Wildman–Crippen LogP) is 3.18. The van der Waals surface area contributed by atoms with Crippen LogP contribution in [0.1, 0.15) is 37.8 Å². The molecule has 0 amide bonds. The van der Waals surface area contributed by atoms with E-state index in [1.54, 1.807) is 0 Å². The Kier molecular flexibility index (Phi) is 3.49. The largest absolute Gasteiger partial charge is 0.299 e. The lowest BCUT2D eigenvalue weighted by molar-refractivity contribution is 0.111. The van der Waals surface area contributed by atoms with Crippen LogP contribution in [0.25, 0.3) is 0 Å². The van der Waals surface area contributed by atoms with E-state index in [1.807, 2.05) is 12.1 Å². The van der Waals surface area contributed by atoms with Crippen molar-refractivity contribution in [3.63, 3.8) is 0 Å². The number of likely N-dealkylation sites (tertiary alicyclic amines) is 1. The Labute approximate surface area is 104 Å². The van der Waals surface area contributed by atoms with Gasteiger partial charge in [0, 0.05) is 13.1 Å². The van der Waals surface area contributed by atoms with Crippen LogP contribution in [0.5, 0.6) is 0 Å². The molecule has 0 atom stereocenters. The maximum absolute atomic E-state index is 8.76. The number of rotatable bonds is 2. The molecule has 1 heterocycles. The lowest BCUT2D eigenvalue weighted by Crippen LogP contribution is -2.39. The van der Waals surface area contributed by atoms with Gasteiger partial charge >= 0.3 is 0 Å². The van der Waals surface area contributed by atoms with E-state index in [0.29, 0.717) is 5.41 Å². The van der Waals surface area contributed by atoms with Gasteiger partial charge in [-0.15, -0.1) is 0 Å². The van der Waals surface area contributed by atoms with Crippen molar-refractivity contribution in [2.45, 2.75) is 33.2 Å². The number of hydrogen-bond donors (Lipinski definition) is 0. The number of benzene rings is 1. The van der Waals surface area contributed by atoms with Crippen molar-refractivity contribution < 1.29 is 0 Å². The average Bonchev–Trinajstić information content (AvgIpc) is 2.29. The van der Waals surface area contributed by atoms with Gasteiger partial charge in [-0.25, -0.2) is 0 Å². The van der Waals surface area contributed by atoms with Gasteiger partial charge < -0.3 is 0 Å². The molecule has 1 saturated heterocycles. The number of nitriles is 1. The molecular weight excluding hydrogens is 208 g/mol. The predicted molar refractivity (Wildman–Crippen MR) is 69.4 cm³/mol. The van der Waals surface area contributed by atoms with Crippen molar-refractivity contribution in [1.82, 2.24) is 4.90 Å². The van der Waals surface area contributed by atoms with Crippen LogP contribution in [0, 0.1) is 16.7 Å². The van der Waals surface area contributed by atoms with Crippen LogP contribution in [0.2, 0.25) is 0 Å². The third-order valence-corrected chi connectivity index (χ3v) is 3.47. The molecular formula is C15H20N2. The van der Waals surface area contributed by atoms with Gasteiger partial charge in [0.15, 0.2) is 0 Å². The Balaban J connectivity index is 1.98. The van der Waals surface area contributed by atoms with E-state index < -0.39 is 0 Å². The minimum Gasteiger partial charge on any atom is -0.299 e. The number of nitrogens with zero attached hydrogens (tertiary/aromatic N) is 2. The average molecular weight is 228 g/mol. The molecule has 90 valence electrons. The Morgan fingerprint density at radius 2 is 2.00 bits per heavy atom. The standard InChI is InChI=1S/C15H20N2/c1-15(2)8-3-9-17(12-15)11-14-6-4-13(10-16)5-7-14/h4-7H,3,8-9,11-12H2,1-2H3. The zero-order valence-electron chi connectivity index (χ0n) is 10.7. The van der Waals surface area contributed by atoms with E-state index >= 15 is 0 Å². The zero-order chi connectivity index (χ0) is 12.3. The van der Waals surface area contributed by atoms with Crippen molar-refractivity contribution in [2.24, 2.45) is 5.41 Å². The molecule has 0 saturated carbocycles. The van der Waals surface area contributed by atoms with Gasteiger partial charge in [-0.1, -0.05) is 26.0 Å². The monoisotopic (exact) mass is 228 g/mol. The summed E-state index contributed by atoms with van der Waals surface area (Å²) in [6, 6.07) is 10.1. The molecule has 0 radical (unpaired) electrons. The van der Waals surface area contributed by atoms with Crippen LogP contribution in [-0.4, -0.2) is 18.0 Å². The summed E-state index contributed by atoms with van der Waals surface area (Å²) in [5.41, 5.74) is 2.50. The molecule has 2 heteroatoms. The highest BCUT2D eigenvalue weighted by atomic mass is 15.1. The molecule has 2 nitrogen and oxygen atoms in total. The molecule has 0 unspecified atom stereocenters. The van der Waals surface area contributed by atoms with Gasteiger partial charge in [0.05, 0.1) is 11.6 Å². The van der Waals surface area contributed by atoms with Crippen molar-refractivity contribution >= 4 is 0 Å². The lowest BCUT2D eigenvalue weighted by Gasteiger charge is -2.38. The van der Waals surface area contributed by atoms with Gasteiger partial charge in [-0.3, -0.25) is 4.90 Å². The molecule has 1 aromatic carbocycles. The molecule has 0 aliphatic carbocycles. The summed E-state index contributed by atoms with van der Waals surface area (Å²) in [4.78, 5) is 2.52. The zero-order valence-corrected chi connectivity index (χ0v) is 10.7. The minimum atomic E-state index is 0.449. The SMILES string of the molecule is CC1(C)CCCN(Cc2ccc(C#N)cc2)C1. The quantitative estimate of drug-likeness (QED) is 0.777. The van der Waals surface area contributed by atoms with E-state index in [4.69, 9.17) is 5.26 Å². The van der Waals surface area contributed by atoms with Crippen LogP contribution in [0.3, 0.4) is 0 Å². The molecule has 1 aromatic rings. The summed E-state index contributed by atoms with van der Waals surface area (Å²) in [6.45, 7) is 8.07. The molecule has 0 aromatic heterocycles. The molecule has 0 spiro atoms. The minimum absolute atomic E-state index is 0.449. The van der Waals surface area contributed by atoms with E-state index in [0.717, 1.165) is 12.1 Å². The van der Waals surface area contributed by atoms with Crippen LogP contribution >= 0.6 is 0 Å². The molecule has 2 rings (SSSR count). The third-order valence-electron chi connectivity index (χ3n) is 3.47. The van der Waals surface area contributed by atoms with Crippen molar-refractivity contribution in [1.29, 1.82) is 5.26 Å². The van der Waals surface area contributed by atoms with Crippen LogP contribution < -0.4 is 0 Å². The highest BCUT2D eigenvalue weighted by molar-refractivity contribution is 5.31. The van der Waals surface area contributed by atoms with Crippen LogP contribution in [0.4, 0.5) is 0 Å². The maximum Gasteiger partial charge on any atom is 0.0991 e. The topological polar surface area (TPSA) is 27.0 Å². The highest BCUT2D eigenvalue weighted by Crippen LogP contribution is 2.29. The van der Waals surface area contributed by atoms with Crippen molar-refractivity contribution in [3.05, 3.63) is 35.4 Å². The fourth-order valence-corrected chi connectivity index (χ4v) is 2.62. The molecule has 1 fully saturated rings. The summed E-state index contributed by atoms with van der Waals surface area (Å²) < 4.78 is 0. The number of piperidine rings is 1. The maximum atomic E-state index is 8.76. The second-order valence-electron chi connectivity index (χ2n) is 5.79. The number of hydrogen-bond acceptors (Lipinski definition) is 2. The van der Waals surface area contributed by atoms with Gasteiger partial charge in [0.1, 0.15) is 0 Å². The summed E-state index contributed by atoms with van der Waals surface area (Å²) in [5, 5.41) is 8.76. The van der Waals surface area contributed by atoms with Crippen LogP contribution in [0.15, 0.2) is 24.3 Å². The van der Waals surface area contributed by atoms with Crippen molar-refractivity contribution in [2.75, 3.05) is 13.1 Å². The third kappa shape index (κ3) is 3.31. The second-order valence-corrected chi connectivity index (χ2v) is 5.79. The first-order chi connectivity index (χ1) is 8.09. The Morgan fingerprint density at radius 1 is 1.29 bits per heavy atom. The molecule has 1 aliphatic rings. The fraction of sp³-hybridized carbons (Fsp3) is 0.533. The van der Waals surface area contributed by atoms with Gasteiger partial charge in [0.25, 0.3) is 0 Å². The summed E-state index contributed by atoms with van der Waals surface area (Å²) in [5.74, 6) is 0. The first-order valence-corrected chi connectivity index (χ1v) is 6.30. The molecule has 0 bridgehead atoms. The first kappa shape index (κ1) is 12.1. The second kappa shape index (κ2) is 4.89. The Hall–Kier alpha value is -1.33. The van der Waals surface area contributed by atoms with E-state index in [-0.39, 0.29) is 0 Å². The van der Waals surface area contributed by atoms with E-state index in [1.165, 1.54) is 31.5 Å². The summed E-state index contributed by atoms with van der Waals surface area (Å²) in [7, 11) is 0. The van der Waals surface area contributed by atoms with E-state index in [2.05, 4.69) is 36.9 Å². The molecule has 17 heavy (non-hydrogen) atoms. The van der Waals surface area contributed by atoms with E-state index in [9.17, 15) is 0 Å². The van der Waals surface area contributed by atoms with Gasteiger partial charge in [0.2, 0.25) is 0 Å². The molecule has 0 N–H and O–H groups in total. The lowest BCUT2D eigenvalue weighted by atomic mass is 9.84. The highest BCUT2D eigenvalue weighted by Gasteiger charge is 2.25. The first-order valence-electron chi connectivity index (χ1n) is 6.30. The summed E-state index contributed by atoms with van der Waals surface area (Å²) >= 11 is 0. The van der Waals surface area contributed by atoms with Crippen molar-refractivity contribution in [3.8, 4) is 6.07 Å². The molecule has 1 aliphatic heterocycles. The normalized spacial score (nSPS) is 19.8. The van der Waals surface area contributed by atoms with Gasteiger partial charge in [-0.2, -0.15) is 5.26 Å². The summed E-state index contributed by atoms with van der Waals surface area (Å²) in [6.07, 6.45) is 2.63.